The summed E-state index contributed by atoms with van der Waals surface area (Å²) in [5, 5.41) is 0. The zero-order valence-corrected chi connectivity index (χ0v) is 13.8. The molecule has 0 fully saturated rings. The lowest BCUT2D eigenvalue weighted by molar-refractivity contribution is 0.00271. The number of rotatable bonds is 0. The standard InChI is InChI=1S/C13H28.C3H8.2CH4/c1-11(2,3)10(12(4,5)6)13(7,8)9;1-3-2;;/h10H,1-9H3;3H2,1-2H3;2*1H4. The van der Waals surface area contributed by atoms with E-state index in [1.807, 2.05) is 0 Å². The molecule has 0 radical (unpaired) electrons. The van der Waals surface area contributed by atoms with E-state index in [0.717, 1.165) is 5.92 Å². The van der Waals surface area contributed by atoms with Gasteiger partial charge in [-0.1, -0.05) is 97.4 Å². The van der Waals surface area contributed by atoms with Gasteiger partial charge >= 0.3 is 0 Å². The van der Waals surface area contributed by atoms with Crippen molar-refractivity contribution in [2.24, 2.45) is 22.2 Å². The second kappa shape index (κ2) is 8.99. The van der Waals surface area contributed by atoms with Crippen LogP contribution in [0.1, 0.15) is 97.4 Å². The van der Waals surface area contributed by atoms with E-state index in [9.17, 15) is 0 Å². The summed E-state index contributed by atoms with van der Waals surface area (Å²) in [4.78, 5) is 0. The van der Waals surface area contributed by atoms with Crippen LogP contribution in [0.25, 0.3) is 0 Å². The number of hydrogen-bond donors (Lipinski definition) is 0. The molecule has 0 bridgehead atoms. The van der Waals surface area contributed by atoms with Crippen molar-refractivity contribution in [3.8, 4) is 0 Å². The maximum atomic E-state index is 2.36. The molecule has 0 saturated heterocycles. The molecule has 0 aromatic carbocycles. The lowest BCUT2D eigenvalue weighted by atomic mass is 9.56. The smallest absolute Gasteiger partial charge is 0.0268 e. The Balaban J connectivity index is -0.000000177. The first-order chi connectivity index (χ1) is 6.78. The van der Waals surface area contributed by atoms with Gasteiger partial charge in [-0.25, -0.2) is 0 Å². The molecule has 0 aromatic heterocycles. The van der Waals surface area contributed by atoms with Crippen molar-refractivity contribution in [2.45, 2.75) is 97.4 Å². The summed E-state index contributed by atoms with van der Waals surface area (Å²) in [5.41, 5.74) is 1.16. The van der Waals surface area contributed by atoms with Gasteiger partial charge in [0.05, 0.1) is 0 Å². The topological polar surface area (TPSA) is 0 Å². The van der Waals surface area contributed by atoms with E-state index in [2.05, 4.69) is 76.2 Å². The molecule has 0 aromatic rings. The van der Waals surface area contributed by atoms with Crippen molar-refractivity contribution in [3.05, 3.63) is 0 Å². The van der Waals surface area contributed by atoms with Gasteiger partial charge in [-0.2, -0.15) is 0 Å². The average Bonchev–Trinajstić information content (AvgIpc) is 1.74. The van der Waals surface area contributed by atoms with Crippen LogP contribution in [0, 0.1) is 22.2 Å². The zero-order chi connectivity index (χ0) is 13.8. The van der Waals surface area contributed by atoms with E-state index >= 15 is 0 Å². The molecule has 0 heteroatoms. The second-order valence-corrected chi connectivity index (χ2v) is 8.24. The minimum absolute atomic E-state index is 0. The normalized spacial score (nSPS) is 12.0. The molecule has 18 heavy (non-hydrogen) atoms. The highest BCUT2D eigenvalue weighted by atomic mass is 14.5. The van der Waals surface area contributed by atoms with E-state index in [-0.39, 0.29) is 14.9 Å². The molecule has 0 unspecified atom stereocenters. The van der Waals surface area contributed by atoms with Crippen LogP contribution >= 0.6 is 0 Å². The third-order valence-electron chi connectivity index (χ3n) is 2.60. The van der Waals surface area contributed by atoms with Gasteiger partial charge in [-0.15, -0.1) is 0 Å². The third kappa shape index (κ3) is 11.1. The Morgan fingerprint density at radius 2 is 0.667 bits per heavy atom. The van der Waals surface area contributed by atoms with Gasteiger partial charge in [0.15, 0.2) is 0 Å². The fourth-order valence-electron chi connectivity index (χ4n) is 3.90. The van der Waals surface area contributed by atoms with Crippen LogP contribution in [0.4, 0.5) is 0 Å². The van der Waals surface area contributed by atoms with Gasteiger partial charge in [0.1, 0.15) is 0 Å². The molecular formula is C18H44. The molecule has 0 atom stereocenters. The Kier molecular flexibility index (Phi) is 13.3. The molecule has 0 aliphatic rings. The lowest BCUT2D eigenvalue weighted by Gasteiger charge is -2.49. The van der Waals surface area contributed by atoms with Crippen LogP contribution in [0.3, 0.4) is 0 Å². The highest BCUT2D eigenvalue weighted by Crippen LogP contribution is 2.49. The molecule has 0 heterocycles. The van der Waals surface area contributed by atoms with Gasteiger partial charge in [0.2, 0.25) is 0 Å². The Hall–Kier alpha value is 0. The minimum atomic E-state index is 0. The van der Waals surface area contributed by atoms with Gasteiger partial charge in [-0.3, -0.25) is 0 Å². The van der Waals surface area contributed by atoms with Crippen LogP contribution in [0.2, 0.25) is 0 Å². The molecule has 0 aliphatic heterocycles. The van der Waals surface area contributed by atoms with E-state index in [1.165, 1.54) is 6.42 Å². The largest absolute Gasteiger partial charge is 0.0776 e. The van der Waals surface area contributed by atoms with Gasteiger partial charge < -0.3 is 0 Å². The molecule has 0 aliphatic carbocycles. The van der Waals surface area contributed by atoms with E-state index < -0.39 is 0 Å². The summed E-state index contributed by atoms with van der Waals surface area (Å²) in [6.45, 7) is 25.4. The zero-order valence-electron chi connectivity index (χ0n) is 13.8. The summed E-state index contributed by atoms with van der Waals surface area (Å²) in [6, 6.07) is 0. The van der Waals surface area contributed by atoms with Gasteiger partial charge in [-0.05, 0) is 22.2 Å². The Bertz CT molecular complexity index is 134. The van der Waals surface area contributed by atoms with Crippen LogP contribution in [-0.4, -0.2) is 0 Å². The molecule has 0 nitrogen and oxygen atoms in total. The predicted octanol–water partition coefficient (Wildman–Crippen LogP) is 7.43. The Morgan fingerprint density at radius 1 is 0.556 bits per heavy atom. The summed E-state index contributed by atoms with van der Waals surface area (Å²) in [7, 11) is 0. The fourth-order valence-corrected chi connectivity index (χ4v) is 3.90. The quantitative estimate of drug-likeness (QED) is 0.425. The maximum absolute atomic E-state index is 2.36. The third-order valence-corrected chi connectivity index (χ3v) is 2.60. The van der Waals surface area contributed by atoms with E-state index in [0.29, 0.717) is 16.2 Å². The number of hydrogen-bond acceptors (Lipinski definition) is 0. The van der Waals surface area contributed by atoms with Crippen molar-refractivity contribution in [1.82, 2.24) is 0 Å². The van der Waals surface area contributed by atoms with E-state index in [1.54, 1.807) is 0 Å². The average molecular weight is 261 g/mol. The van der Waals surface area contributed by atoms with Crippen molar-refractivity contribution >= 4 is 0 Å². The maximum Gasteiger partial charge on any atom is -0.0268 e. The predicted molar refractivity (Wildman–Crippen MR) is 91.3 cm³/mol. The summed E-state index contributed by atoms with van der Waals surface area (Å²) in [5.74, 6) is 0.729. The first-order valence-corrected chi connectivity index (χ1v) is 6.78. The summed E-state index contributed by atoms with van der Waals surface area (Å²) < 4.78 is 0. The highest BCUT2D eigenvalue weighted by Gasteiger charge is 2.42. The van der Waals surface area contributed by atoms with Gasteiger partial charge in [0.25, 0.3) is 0 Å². The van der Waals surface area contributed by atoms with Crippen molar-refractivity contribution in [3.63, 3.8) is 0 Å². The van der Waals surface area contributed by atoms with Crippen molar-refractivity contribution in [2.75, 3.05) is 0 Å². The molecular weight excluding hydrogens is 216 g/mol. The van der Waals surface area contributed by atoms with Crippen LogP contribution in [-0.2, 0) is 0 Å². The van der Waals surface area contributed by atoms with Gasteiger partial charge in [0, 0.05) is 0 Å². The SMILES string of the molecule is C.C.CC(C)(C)C(C(C)(C)C)C(C)(C)C.CCC. The molecule has 0 spiro atoms. The lowest BCUT2D eigenvalue weighted by Crippen LogP contribution is -2.41. The second-order valence-electron chi connectivity index (χ2n) is 8.24. The first-order valence-electron chi connectivity index (χ1n) is 6.78. The first kappa shape index (κ1) is 26.5. The molecule has 116 valence electrons. The van der Waals surface area contributed by atoms with Crippen molar-refractivity contribution < 1.29 is 0 Å². The fraction of sp³-hybridized carbons (Fsp3) is 1.00. The van der Waals surface area contributed by atoms with Crippen LogP contribution in [0.15, 0.2) is 0 Å². The molecule has 0 N–H and O–H groups in total. The Morgan fingerprint density at radius 3 is 0.667 bits per heavy atom. The highest BCUT2D eigenvalue weighted by molar-refractivity contribution is 4.91. The van der Waals surface area contributed by atoms with Crippen molar-refractivity contribution in [1.29, 1.82) is 0 Å². The summed E-state index contributed by atoms with van der Waals surface area (Å²) >= 11 is 0. The van der Waals surface area contributed by atoms with Crippen LogP contribution in [0.5, 0.6) is 0 Å². The van der Waals surface area contributed by atoms with Crippen LogP contribution < -0.4 is 0 Å². The molecule has 0 saturated carbocycles. The Labute approximate surface area is 120 Å². The monoisotopic (exact) mass is 260 g/mol. The molecule has 0 rings (SSSR count). The summed E-state index contributed by atoms with van der Waals surface area (Å²) in [6.07, 6.45) is 1.25. The van der Waals surface area contributed by atoms with E-state index in [4.69, 9.17) is 0 Å². The minimum Gasteiger partial charge on any atom is -0.0776 e. The molecule has 0 amide bonds.